The van der Waals surface area contributed by atoms with Crippen LogP contribution in [-0.4, -0.2) is 34.4 Å². The zero-order chi connectivity index (χ0) is 22.5. The summed E-state index contributed by atoms with van der Waals surface area (Å²) in [6.45, 7) is 5.34. The van der Waals surface area contributed by atoms with Crippen LogP contribution in [0.15, 0.2) is 72.1 Å². The summed E-state index contributed by atoms with van der Waals surface area (Å²) in [5.74, 6) is -1.16. The minimum Gasteiger partial charge on any atom is -0.507 e. The number of benzene rings is 2. The Morgan fingerprint density at radius 1 is 1.16 bits per heavy atom. The molecule has 2 N–H and O–H groups in total. The number of aryl methyl sites for hydroxylation is 1. The van der Waals surface area contributed by atoms with E-state index in [1.54, 1.807) is 50.2 Å². The van der Waals surface area contributed by atoms with Gasteiger partial charge in [0.1, 0.15) is 5.75 Å². The fourth-order valence-electron chi connectivity index (χ4n) is 3.43. The fourth-order valence-corrected chi connectivity index (χ4v) is 3.43. The van der Waals surface area contributed by atoms with Crippen LogP contribution in [0.2, 0.25) is 0 Å². The molecule has 0 aromatic heterocycles. The summed E-state index contributed by atoms with van der Waals surface area (Å²) in [7, 11) is 0. The Kier molecular flexibility index (Phi) is 6.55. The van der Waals surface area contributed by atoms with Crippen molar-refractivity contribution in [2.45, 2.75) is 26.8 Å². The average molecular weight is 420 g/mol. The molecule has 3 rings (SSSR count). The standard InChI is InChI=1S/C24H24N2O5/c1-4-31-23(29)21-16(3)25-24(30)26(22(21)17-8-6-5-7-9-17)13-12-20(28)18-14-15(2)10-11-19(18)27/h5-14,22,27H,4H2,1-3H3,(H,25,30)/b13-12+. The number of rotatable bonds is 6. The fraction of sp³-hybridized carbons (Fsp3) is 0.208. The van der Waals surface area contributed by atoms with Crippen LogP contribution in [0.1, 0.15) is 41.4 Å². The van der Waals surface area contributed by atoms with Crippen molar-refractivity contribution in [2.75, 3.05) is 6.61 Å². The van der Waals surface area contributed by atoms with E-state index in [0.29, 0.717) is 11.3 Å². The molecule has 7 nitrogen and oxygen atoms in total. The minimum absolute atomic E-state index is 0.127. The lowest BCUT2D eigenvalue weighted by atomic mass is 9.94. The molecular weight excluding hydrogens is 396 g/mol. The van der Waals surface area contributed by atoms with Gasteiger partial charge in [0.25, 0.3) is 0 Å². The molecule has 0 fully saturated rings. The number of nitrogens with one attached hydrogen (secondary N) is 1. The van der Waals surface area contributed by atoms with E-state index in [-0.39, 0.29) is 23.5 Å². The van der Waals surface area contributed by atoms with E-state index in [9.17, 15) is 19.5 Å². The molecule has 1 atom stereocenters. The summed E-state index contributed by atoms with van der Waals surface area (Å²) in [6.07, 6.45) is 2.52. The van der Waals surface area contributed by atoms with E-state index < -0.39 is 23.8 Å². The van der Waals surface area contributed by atoms with E-state index in [4.69, 9.17) is 4.74 Å². The molecule has 0 spiro atoms. The van der Waals surface area contributed by atoms with Crippen molar-refractivity contribution in [2.24, 2.45) is 0 Å². The maximum absolute atomic E-state index is 12.8. The van der Waals surface area contributed by atoms with Crippen molar-refractivity contribution < 1.29 is 24.2 Å². The number of ketones is 1. The van der Waals surface area contributed by atoms with Crippen molar-refractivity contribution in [1.29, 1.82) is 0 Å². The predicted molar refractivity (Wildman–Crippen MR) is 115 cm³/mol. The van der Waals surface area contributed by atoms with Gasteiger partial charge in [0.05, 0.1) is 23.8 Å². The summed E-state index contributed by atoms with van der Waals surface area (Å²) in [5.41, 5.74) is 2.31. The third-order valence-corrected chi connectivity index (χ3v) is 4.90. The lowest BCUT2D eigenvalue weighted by molar-refractivity contribution is -0.139. The molecule has 7 heteroatoms. The van der Waals surface area contributed by atoms with Crippen LogP contribution in [0, 0.1) is 6.92 Å². The minimum atomic E-state index is -0.774. The van der Waals surface area contributed by atoms with Gasteiger partial charge in [-0.3, -0.25) is 9.69 Å². The summed E-state index contributed by atoms with van der Waals surface area (Å²) in [6, 6.07) is 12.5. The first-order chi connectivity index (χ1) is 14.8. The van der Waals surface area contributed by atoms with Crippen LogP contribution in [0.25, 0.3) is 0 Å². The molecular formula is C24H24N2O5. The third-order valence-electron chi connectivity index (χ3n) is 4.90. The number of esters is 1. The molecule has 1 aliphatic heterocycles. The second-order valence-corrected chi connectivity index (χ2v) is 7.11. The van der Waals surface area contributed by atoms with Gasteiger partial charge >= 0.3 is 12.0 Å². The first kappa shape index (κ1) is 21.8. The molecule has 0 saturated carbocycles. The van der Waals surface area contributed by atoms with Gasteiger partial charge in [0.15, 0.2) is 5.78 Å². The van der Waals surface area contributed by atoms with Crippen molar-refractivity contribution in [1.82, 2.24) is 10.2 Å². The normalized spacial score (nSPS) is 16.4. The van der Waals surface area contributed by atoms with E-state index in [0.717, 1.165) is 5.56 Å². The molecule has 2 aromatic rings. The van der Waals surface area contributed by atoms with Crippen molar-refractivity contribution >= 4 is 17.8 Å². The molecule has 0 saturated heterocycles. The summed E-state index contributed by atoms with van der Waals surface area (Å²) in [5, 5.41) is 12.7. The van der Waals surface area contributed by atoms with E-state index in [1.165, 1.54) is 23.2 Å². The van der Waals surface area contributed by atoms with Crippen molar-refractivity contribution in [3.05, 3.63) is 88.8 Å². The summed E-state index contributed by atoms with van der Waals surface area (Å²) < 4.78 is 5.21. The molecule has 2 aromatic carbocycles. The lowest BCUT2D eigenvalue weighted by Crippen LogP contribution is -2.46. The number of urea groups is 1. The molecule has 1 unspecified atom stereocenters. The van der Waals surface area contributed by atoms with Crippen LogP contribution >= 0.6 is 0 Å². The van der Waals surface area contributed by atoms with E-state index in [2.05, 4.69) is 5.32 Å². The van der Waals surface area contributed by atoms with Crippen LogP contribution in [0.4, 0.5) is 4.79 Å². The number of carbonyl (C=O) groups excluding carboxylic acids is 3. The smallest absolute Gasteiger partial charge is 0.338 e. The summed E-state index contributed by atoms with van der Waals surface area (Å²) >= 11 is 0. The molecule has 31 heavy (non-hydrogen) atoms. The molecule has 160 valence electrons. The zero-order valence-electron chi connectivity index (χ0n) is 17.6. The highest BCUT2D eigenvalue weighted by atomic mass is 16.5. The first-order valence-electron chi connectivity index (χ1n) is 9.87. The number of aromatic hydroxyl groups is 1. The van der Waals surface area contributed by atoms with Crippen molar-refractivity contribution in [3.63, 3.8) is 0 Å². The first-order valence-corrected chi connectivity index (χ1v) is 9.87. The topological polar surface area (TPSA) is 95.9 Å². The third kappa shape index (κ3) is 4.66. The van der Waals surface area contributed by atoms with Gasteiger partial charge in [-0.25, -0.2) is 9.59 Å². The number of allylic oxidation sites excluding steroid dienone is 2. The highest BCUT2D eigenvalue weighted by Crippen LogP contribution is 2.34. The number of carbonyl (C=O) groups is 3. The highest BCUT2D eigenvalue weighted by Gasteiger charge is 2.37. The maximum Gasteiger partial charge on any atom is 0.338 e. The molecule has 0 radical (unpaired) electrons. The zero-order valence-corrected chi connectivity index (χ0v) is 17.6. The second-order valence-electron chi connectivity index (χ2n) is 7.11. The molecule has 1 heterocycles. The van der Waals surface area contributed by atoms with Crippen LogP contribution in [0.3, 0.4) is 0 Å². The second kappa shape index (κ2) is 9.30. The molecule has 0 aliphatic carbocycles. The molecule has 0 bridgehead atoms. The van der Waals surface area contributed by atoms with Crippen LogP contribution in [0.5, 0.6) is 5.75 Å². The largest absolute Gasteiger partial charge is 0.507 e. The summed E-state index contributed by atoms with van der Waals surface area (Å²) in [4.78, 5) is 39.5. The van der Waals surface area contributed by atoms with E-state index in [1.807, 2.05) is 13.0 Å². The Balaban J connectivity index is 2.03. The monoisotopic (exact) mass is 420 g/mol. The van der Waals surface area contributed by atoms with Crippen LogP contribution in [-0.2, 0) is 9.53 Å². The number of amides is 2. The van der Waals surface area contributed by atoms with Gasteiger partial charge in [-0.15, -0.1) is 0 Å². The Bertz CT molecular complexity index is 1070. The molecule has 2 amide bonds. The number of hydrogen-bond donors (Lipinski definition) is 2. The number of ether oxygens (including phenoxy) is 1. The SMILES string of the molecule is CCOC(=O)C1=C(C)NC(=O)N(/C=C/C(=O)c2cc(C)ccc2O)C1c1ccccc1. The highest BCUT2D eigenvalue weighted by molar-refractivity contribution is 6.06. The predicted octanol–water partition coefficient (Wildman–Crippen LogP) is 4.00. The van der Waals surface area contributed by atoms with Gasteiger partial charge < -0.3 is 15.2 Å². The maximum atomic E-state index is 12.8. The Hall–Kier alpha value is -3.87. The Labute approximate surface area is 180 Å². The number of phenols is 1. The average Bonchev–Trinajstić information content (AvgIpc) is 2.74. The van der Waals surface area contributed by atoms with Crippen LogP contribution < -0.4 is 5.32 Å². The van der Waals surface area contributed by atoms with Gasteiger partial charge in [-0.1, -0.05) is 42.0 Å². The Morgan fingerprint density at radius 3 is 2.55 bits per heavy atom. The van der Waals surface area contributed by atoms with Crippen molar-refractivity contribution in [3.8, 4) is 5.75 Å². The molecule has 1 aliphatic rings. The van der Waals surface area contributed by atoms with Gasteiger partial charge in [-0.05, 0) is 38.5 Å². The lowest BCUT2D eigenvalue weighted by Gasteiger charge is -2.35. The van der Waals surface area contributed by atoms with E-state index >= 15 is 0 Å². The van der Waals surface area contributed by atoms with Gasteiger partial charge in [0, 0.05) is 18.0 Å². The number of hydrogen-bond acceptors (Lipinski definition) is 5. The Morgan fingerprint density at radius 2 is 1.87 bits per heavy atom. The van der Waals surface area contributed by atoms with Gasteiger partial charge in [0.2, 0.25) is 0 Å². The number of phenolic OH excluding ortho intramolecular Hbond substituents is 1. The number of nitrogens with zero attached hydrogens (tertiary/aromatic N) is 1. The van der Waals surface area contributed by atoms with Gasteiger partial charge in [-0.2, -0.15) is 0 Å². The quantitative estimate of drug-likeness (QED) is 0.418.